The van der Waals surface area contributed by atoms with Crippen molar-refractivity contribution in [3.63, 3.8) is 0 Å². The van der Waals surface area contributed by atoms with Crippen LogP contribution in [0.1, 0.15) is 32.2 Å². The summed E-state index contributed by atoms with van der Waals surface area (Å²) in [6, 6.07) is 10.7. The van der Waals surface area contributed by atoms with Crippen LogP contribution in [0.4, 0.5) is 0 Å². The maximum atomic E-state index is 11.7. The van der Waals surface area contributed by atoms with E-state index in [1.54, 1.807) is 26.2 Å². The highest BCUT2D eigenvalue weighted by Crippen LogP contribution is 2.07. The first-order valence-corrected chi connectivity index (χ1v) is 8.17. The van der Waals surface area contributed by atoms with Gasteiger partial charge in [-0.05, 0) is 36.2 Å². The van der Waals surface area contributed by atoms with E-state index in [1.165, 1.54) is 6.07 Å². The van der Waals surface area contributed by atoms with Gasteiger partial charge in [0.1, 0.15) is 5.76 Å². The minimum atomic E-state index is -0.599. The zero-order valence-electron chi connectivity index (χ0n) is 14.8. The Morgan fingerprint density at radius 2 is 2.00 bits per heavy atom. The van der Waals surface area contributed by atoms with Crippen molar-refractivity contribution in [2.75, 3.05) is 20.6 Å². The lowest BCUT2D eigenvalue weighted by Crippen LogP contribution is -2.37. The maximum Gasteiger partial charge on any atom is 0.284 e. The number of furan rings is 1. The van der Waals surface area contributed by atoms with E-state index in [0.717, 1.165) is 12.0 Å². The second-order valence-electron chi connectivity index (χ2n) is 5.51. The van der Waals surface area contributed by atoms with Crippen molar-refractivity contribution in [3.05, 3.63) is 59.0 Å². The summed E-state index contributed by atoms with van der Waals surface area (Å²) in [5, 5.41) is 8.89. The first-order chi connectivity index (χ1) is 12.5. The first-order valence-electron chi connectivity index (χ1n) is 8.17. The Labute approximate surface area is 151 Å². The molecule has 2 aromatic rings. The molecule has 0 saturated carbocycles. The van der Waals surface area contributed by atoms with E-state index < -0.39 is 5.91 Å². The molecule has 26 heavy (non-hydrogen) atoms. The van der Waals surface area contributed by atoms with Crippen LogP contribution in [0, 0.1) is 0 Å². The summed E-state index contributed by atoms with van der Waals surface area (Å²) in [4.78, 5) is 26.8. The number of carbonyl (C=O) groups excluding carboxylic acids is 2. The number of primary amides is 1. The van der Waals surface area contributed by atoms with Crippen molar-refractivity contribution in [3.8, 4) is 0 Å². The summed E-state index contributed by atoms with van der Waals surface area (Å²) in [5.41, 5.74) is 6.84. The molecule has 8 nitrogen and oxygen atoms in total. The molecular weight excluding hydrogens is 334 g/mol. The van der Waals surface area contributed by atoms with Gasteiger partial charge in [-0.15, -0.1) is 0 Å². The molecule has 0 spiro atoms. The number of amides is 2. The van der Waals surface area contributed by atoms with Gasteiger partial charge in [0.25, 0.3) is 11.8 Å². The van der Waals surface area contributed by atoms with Gasteiger partial charge in [0.15, 0.2) is 11.7 Å². The summed E-state index contributed by atoms with van der Waals surface area (Å²) in [7, 11) is 3.27. The fourth-order valence-corrected chi connectivity index (χ4v) is 2.33. The summed E-state index contributed by atoms with van der Waals surface area (Å²) in [5.74, 6) is 0.606. The van der Waals surface area contributed by atoms with E-state index in [1.807, 2.05) is 18.2 Å². The quantitative estimate of drug-likeness (QED) is 0.428. The van der Waals surface area contributed by atoms with Gasteiger partial charge in [0.2, 0.25) is 0 Å². The minimum Gasteiger partial charge on any atom is -0.454 e. The molecule has 1 aromatic carbocycles. The molecule has 8 heteroatoms. The molecule has 1 aromatic heterocycles. The van der Waals surface area contributed by atoms with Crippen molar-refractivity contribution in [2.24, 2.45) is 10.7 Å². The Hall–Kier alpha value is -3.29. The zero-order chi connectivity index (χ0) is 18.9. The second-order valence-corrected chi connectivity index (χ2v) is 5.51. The van der Waals surface area contributed by atoms with Gasteiger partial charge in [0, 0.05) is 26.2 Å². The van der Waals surface area contributed by atoms with Gasteiger partial charge in [-0.1, -0.05) is 12.1 Å². The number of guanidine groups is 1. The summed E-state index contributed by atoms with van der Waals surface area (Å²) >= 11 is 0. The average molecular weight is 357 g/mol. The van der Waals surface area contributed by atoms with Crippen LogP contribution in [0.25, 0.3) is 0 Å². The molecule has 1 heterocycles. The van der Waals surface area contributed by atoms with Crippen LogP contribution in [0.3, 0.4) is 0 Å². The number of hydrogen-bond acceptors (Lipinski definition) is 4. The SMILES string of the molecule is CN=C(NCCc1cccc(C(=O)NC)c1)NCc1ccc(C(N)=O)o1. The van der Waals surface area contributed by atoms with E-state index >= 15 is 0 Å². The lowest BCUT2D eigenvalue weighted by Gasteiger charge is -2.11. The third-order valence-corrected chi connectivity index (χ3v) is 3.68. The van der Waals surface area contributed by atoms with Crippen LogP contribution in [-0.2, 0) is 13.0 Å². The van der Waals surface area contributed by atoms with Gasteiger partial charge in [-0.3, -0.25) is 14.6 Å². The lowest BCUT2D eigenvalue weighted by molar-refractivity contribution is 0.0958. The Kier molecular flexibility index (Phi) is 6.78. The van der Waals surface area contributed by atoms with Gasteiger partial charge in [0.05, 0.1) is 6.54 Å². The number of carbonyl (C=O) groups is 2. The molecular formula is C18H23N5O3. The fourth-order valence-electron chi connectivity index (χ4n) is 2.33. The van der Waals surface area contributed by atoms with Crippen LogP contribution < -0.4 is 21.7 Å². The Morgan fingerprint density at radius 1 is 1.19 bits per heavy atom. The standard InChI is InChI=1S/C18H23N5O3/c1-20-17(25)13-5-3-4-12(10-13)8-9-22-18(21-2)23-11-14-6-7-15(26-14)16(19)24/h3-7,10H,8-9,11H2,1-2H3,(H2,19,24)(H,20,25)(H2,21,22,23). The smallest absolute Gasteiger partial charge is 0.284 e. The Balaban J connectivity index is 1.81. The molecule has 5 N–H and O–H groups in total. The highest BCUT2D eigenvalue weighted by molar-refractivity contribution is 5.94. The van der Waals surface area contributed by atoms with Gasteiger partial charge >= 0.3 is 0 Å². The Bertz CT molecular complexity index is 798. The van der Waals surface area contributed by atoms with E-state index in [9.17, 15) is 9.59 Å². The largest absolute Gasteiger partial charge is 0.454 e. The number of aliphatic imine (C=N–C) groups is 1. The number of nitrogens with two attached hydrogens (primary N) is 1. The summed E-state index contributed by atoms with van der Waals surface area (Å²) < 4.78 is 5.30. The number of benzene rings is 1. The van der Waals surface area contributed by atoms with E-state index in [2.05, 4.69) is 20.9 Å². The van der Waals surface area contributed by atoms with Crippen molar-refractivity contribution in [1.29, 1.82) is 0 Å². The van der Waals surface area contributed by atoms with Crippen molar-refractivity contribution >= 4 is 17.8 Å². The molecule has 0 bridgehead atoms. The maximum absolute atomic E-state index is 11.7. The molecule has 0 aliphatic carbocycles. The molecule has 138 valence electrons. The predicted octanol–water partition coefficient (Wildman–Crippen LogP) is 0.646. The molecule has 0 aliphatic rings. The molecule has 2 rings (SSSR count). The molecule has 2 amide bonds. The molecule has 0 atom stereocenters. The Morgan fingerprint density at radius 3 is 2.65 bits per heavy atom. The van der Waals surface area contributed by atoms with Crippen LogP contribution in [-0.4, -0.2) is 38.4 Å². The molecule has 0 unspecified atom stereocenters. The van der Waals surface area contributed by atoms with Gasteiger partial charge in [-0.25, -0.2) is 0 Å². The summed E-state index contributed by atoms with van der Waals surface area (Å²) in [6.07, 6.45) is 0.734. The molecule has 0 aliphatic heterocycles. The minimum absolute atomic E-state index is 0.105. The third-order valence-electron chi connectivity index (χ3n) is 3.68. The van der Waals surface area contributed by atoms with Crippen molar-refractivity contribution in [2.45, 2.75) is 13.0 Å². The normalized spacial score (nSPS) is 11.1. The van der Waals surface area contributed by atoms with Crippen LogP contribution in [0.2, 0.25) is 0 Å². The van der Waals surface area contributed by atoms with E-state index in [-0.39, 0.29) is 11.7 Å². The van der Waals surface area contributed by atoms with Crippen LogP contribution in [0.5, 0.6) is 0 Å². The van der Waals surface area contributed by atoms with Crippen molar-refractivity contribution in [1.82, 2.24) is 16.0 Å². The predicted molar refractivity (Wildman–Crippen MR) is 99.0 cm³/mol. The van der Waals surface area contributed by atoms with E-state index in [4.69, 9.17) is 10.2 Å². The highest BCUT2D eigenvalue weighted by atomic mass is 16.3. The topological polar surface area (TPSA) is 122 Å². The fraction of sp³-hybridized carbons (Fsp3) is 0.278. The zero-order valence-corrected chi connectivity index (χ0v) is 14.8. The molecule has 0 fully saturated rings. The van der Waals surface area contributed by atoms with Gasteiger partial charge in [-0.2, -0.15) is 0 Å². The number of hydrogen-bond donors (Lipinski definition) is 4. The van der Waals surface area contributed by atoms with E-state index in [0.29, 0.717) is 30.4 Å². The van der Waals surface area contributed by atoms with Crippen LogP contribution in [0.15, 0.2) is 45.8 Å². The van der Waals surface area contributed by atoms with Gasteiger partial charge < -0.3 is 26.1 Å². The number of nitrogens with one attached hydrogen (secondary N) is 3. The number of nitrogens with zero attached hydrogens (tertiary/aromatic N) is 1. The first kappa shape index (κ1) is 19.0. The monoisotopic (exact) mass is 357 g/mol. The van der Waals surface area contributed by atoms with Crippen LogP contribution >= 0.6 is 0 Å². The van der Waals surface area contributed by atoms with Crippen molar-refractivity contribution < 1.29 is 14.0 Å². The number of rotatable bonds is 7. The molecule has 0 radical (unpaired) electrons. The third kappa shape index (κ3) is 5.37. The summed E-state index contributed by atoms with van der Waals surface area (Å²) in [6.45, 7) is 1.01. The highest BCUT2D eigenvalue weighted by Gasteiger charge is 2.08. The molecule has 0 saturated heterocycles. The lowest BCUT2D eigenvalue weighted by atomic mass is 10.1. The average Bonchev–Trinajstić information content (AvgIpc) is 3.13. The second kappa shape index (κ2) is 9.26.